The SMILES string of the molecule is CC(C)c1sc(Cl)nc1C(=O)Nc1ncc[nH]1. The molecule has 2 N–H and O–H groups in total. The molecule has 0 bridgehead atoms. The molecule has 0 unspecified atom stereocenters. The molecule has 90 valence electrons. The maximum Gasteiger partial charge on any atom is 0.277 e. The van der Waals surface area contributed by atoms with Crippen molar-refractivity contribution in [2.24, 2.45) is 0 Å². The van der Waals surface area contributed by atoms with E-state index < -0.39 is 0 Å². The van der Waals surface area contributed by atoms with E-state index in [1.54, 1.807) is 12.4 Å². The van der Waals surface area contributed by atoms with Crippen LogP contribution in [0.1, 0.15) is 35.1 Å². The van der Waals surface area contributed by atoms with E-state index in [-0.39, 0.29) is 11.8 Å². The summed E-state index contributed by atoms with van der Waals surface area (Å²) < 4.78 is 0.373. The molecule has 0 saturated carbocycles. The molecule has 0 spiro atoms. The number of hydrogen-bond donors (Lipinski definition) is 2. The summed E-state index contributed by atoms with van der Waals surface area (Å²) in [6.07, 6.45) is 3.19. The number of nitrogens with zero attached hydrogens (tertiary/aromatic N) is 2. The van der Waals surface area contributed by atoms with Crippen LogP contribution in [0.5, 0.6) is 0 Å². The lowest BCUT2D eigenvalue weighted by Gasteiger charge is -2.04. The monoisotopic (exact) mass is 270 g/mol. The summed E-state index contributed by atoms with van der Waals surface area (Å²) in [4.78, 5) is 23.6. The molecule has 17 heavy (non-hydrogen) atoms. The molecule has 2 heterocycles. The molecule has 7 heteroatoms. The lowest BCUT2D eigenvalue weighted by Crippen LogP contribution is -2.15. The number of H-pyrrole nitrogens is 1. The maximum atomic E-state index is 12.0. The molecule has 0 saturated heterocycles. The molecule has 0 atom stereocenters. The topological polar surface area (TPSA) is 70.7 Å². The molecule has 2 aromatic heterocycles. The van der Waals surface area contributed by atoms with Gasteiger partial charge in [-0.15, -0.1) is 11.3 Å². The van der Waals surface area contributed by atoms with Gasteiger partial charge in [-0.2, -0.15) is 0 Å². The summed E-state index contributed by atoms with van der Waals surface area (Å²) in [6, 6.07) is 0. The number of aromatic amines is 1. The maximum absolute atomic E-state index is 12.0. The number of carbonyl (C=O) groups is 1. The van der Waals surface area contributed by atoms with Gasteiger partial charge in [0.05, 0.1) is 0 Å². The van der Waals surface area contributed by atoms with E-state index in [2.05, 4.69) is 20.3 Å². The second kappa shape index (κ2) is 4.85. The lowest BCUT2D eigenvalue weighted by atomic mass is 10.1. The van der Waals surface area contributed by atoms with Crippen molar-refractivity contribution in [1.29, 1.82) is 0 Å². The number of hydrogen-bond acceptors (Lipinski definition) is 4. The first kappa shape index (κ1) is 12.1. The number of nitrogens with one attached hydrogen (secondary N) is 2. The Hall–Kier alpha value is -1.40. The predicted octanol–water partition coefficient (Wildman–Crippen LogP) is 2.90. The smallest absolute Gasteiger partial charge is 0.277 e. The van der Waals surface area contributed by atoms with Gasteiger partial charge < -0.3 is 4.98 Å². The number of anilines is 1. The molecule has 0 aliphatic rings. The minimum Gasteiger partial charge on any atom is -0.331 e. The zero-order valence-electron chi connectivity index (χ0n) is 9.32. The Morgan fingerprint density at radius 3 is 2.94 bits per heavy atom. The number of halogens is 1. The molecule has 2 aromatic rings. The van der Waals surface area contributed by atoms with Crippen LogP contribution in [0.15, 0.2) is 12.4 Å². The number of aromatic nitrogens is 3. The predicted molar refractivity (Wildman–Crippen MR) is 67.8 cm³/mol. The zero-order valence-corrected chi connectivity index (χ0v) is 10.9. The van der Waals surface area contributed by atoms with Crippen molar-refractivity contribution in [2.45, 2.75) is 19.8 Å². The number of rotatable bonds is 3. The summed E-state index contributed by atoms with van der Waals surface area (Å²) in [5, 5.41) is 2.63. The second-order valence-electron chi connectivity index (χ2n) is 3.73. The van der Waals surface area contributed by atoms with Gasteiger partial charge in [0, 0.05) is 17.3 Å². The van der Waals surface area contributed by atoms with Crippen LogP contribution in [0.3, 0.4) is 0 Å². The highest BCUT2D eigenvalue weighted by atomic mass is 35.5. The van der Waals surface area contributed by atoms with Crippen LogP contribution in [0.2, 0.25) is 4.47 Å². The highest BCUT2D eigenvalue weighted by Crippen LogP contribution is 2.29. The van der Waals surface area contributed by atoms with Gasteiger partial charge in [0.1, 0.15) is 5.69 Å². The summed E-state index contributed by atoms with van der Waals surface area (Å²) >= 11 is 7.17. The summed E-state index contributed by atoms with van der Waals surface area (Å²) in [5.41, 5.74) is 0.367. The van der Waals surface area contributed by atoms with Crippen LogP contribution < -0.4 is 5.32 Å². The van der Waals surface area contributed by atoms with Crippen molar-refractivity contribution in [3.05, 3.63) is 27.4 Å². The second-order valence-corrected chi connectivity index (χ2v) is 5.34. The van der Waals surface area contributed by atoms with Crippen LogP contribution in [0, 0.1) is 0 Å². The van der Waals surface area contributed by atoms with Gasteiger partial charge in [-0.3, -0.25) is 10.1 Å². The first-order chi connectivity index (χ1) is 8.08. The van der Waals surface area contributed by atoms with E-state index in [4.69, 9.17) is 11.6 Å². The van der Waals surface area contributed by atoms with Crippen molar-refractivity contribution in [3.8, 4) is 0 Å². The Labute approximate surface area is 107 Å². The Bertz CT molecular complexity index is 520. The van der Waals surface area contributed by atoms with Crippen LogP contribution in [-0.4, -0.2) is 20.9 Å². The summed E-state index contributed by atoms with van der Waals surface area (Å²) in [6.45, 7) is 3.99. The highest BCUT2D eigenvalue weighted by Gasteiger charge is 2.20. The third-order valence-electron chi connectivity index (χ3n) is 2.10. The van der Waals surface area contributed by atoms with Gasteiger partial charge in [0.2, 0.25) is 5.95 Å². The van der Waals surface area contributed by atoms with Gasteiger partial charge in [-0.05, 0) is 5.92 Å². The van der Waals surface area contributed by atoms with E-state index in [0.717, 1.165) is 4.88 Å². The van der Waals surface area contributed by atoms with E-state index in [0.29, 0.717) is 16.1 Å². The minimum absolute atomic E-state index is 0.206. The number of imidazole rings is 1. The van der Waals surface area contributed by atoms with Crippen molar-refractivity contribution >= 4 is 34.8 Å². The number of thiazole rings is 1. The van der Waals surface area contributed by atoms with E-state index in [9.17, 15) is 4.79 Å². The normalized spacial score (nSPS) is 10.8. The zero-order chi connectivity index (χ0) is 12.4. The van der Waals surface area contributed by atoms with E-state index in [1.807, 2.05) is 13.8 Å². The van der Waals surface area contributed by atoms with Crippen molar-refractivity contribution in [1.82, 2.24) is 15.0 Å². The molecule has 1 amide bonds. The Morgan fingerprint density at radius 1 is 1.59 bits per heavy atom. The highest BCUT2D eigenvalue weighted by molar-refractivity contribution is 7.16. The molecular weight excluding hydrogens is 260 g/mol. The third kappa shape index (κ3) is 2.65. The first-order valence-electron chi connectivity index (χ1n) is 5.05. The molecule has 5 nitrogen and oxygen atoms in total. The quantitative estimate of drug-likeness (QED) is 0.901. The molecular formula is C10H11ClN4OS. The fourth-order valence-corrected chi connectivity index (χ4v) is 2.48. The molecule has 0 fully saturated rings. The van der Waals surface area contributed by atoms with Gasteiger partial charge in [-0.25, -0.2) is 9.97 Å². The average molecular weight is 271 g/mol. The Kier molecular flexibility index (Phi) is 3.44. The first-order valence-corrected chi connectivity index (χ1v) is 6.24. The standard InChI is InChI=1S/C10H11ClN4OS/c1-5(2)7-6(14-9(11)17-7)8(16)15-10-12-3-4-13-10/h3-5H,1-2H3,(H2,12,13,15,16). The lowest BCUT2D eigenvalue weighted by molar-refractivity contribution is 0.102. The van der Waals surface area contributed by atoms with E-state index >= 15 is 0 Å². The Balaban J connectivity index is 2.24. The minimum atomic E-state index is -0.299. The molecule has 2 rings (SSSR count). The van der Waals surface area contributed by atoms with Gasteiger partial charge in [0.15, 0.2) is 4.47 Å². The number of amides is 1. The summed E-state index contributed by atoms with van der Waals surface area (Å²) in [5.74, 6) is 0.304. The fourth-order valence-electron chi connectivity index (χ4n) is 1.36. The van der Waals surface area contributed by atoms with Crippen LogP contribution >= 0.6 is 22.9 Å². The average Bonchev–Trinajstić information content (AvgIpc) is 2.86. The summed E-state index contributed by atoms with van der Waals surface area (Å²) in [7, 11) is 0. The molecule has 0 aliphatic carbocycles. The molecule has 0 aromatic carbocycles. The third-order valence-corrected chi connectivity index (χ3v) is 3.56. The fraction of sp³-hybridized carbons (Fsp3) is 0.300. The Morgan fingerprint density at radius 2 is 2.35 bits per heavy atom. The van der Waals surface area contributed by atoms with Crippen LogP contribution in [-0.2, 0) is 0 Å². The number of carbonyl (C=O) groups excluding carboxylic acids is 1. The van der Waals surface area contributed by atoms with Crippen molar-refractivity contribution in [2.75, 3.05) is 5.32 Å². The largest absolute Gasteiger partial charge is 0.331 e. The van der Waals surface area contributed by atoms with E-state index in [1.165, 1.54) is 11.3 Å². The van der Waals surface area contributed by atoms with Crippen molar-refractivity contribution < 1.29 is 4.79 Å². The molecule has 0 radical (unpaired) electrons. The van der Waals surface area contributed by atoms with Gasteiger partial charge in [0.25, 0.3) is 5.91 Å². The van der Waals surface area contributed by atoms with Gasteiger partial charge >= 0.3 is 0 Å². The molecule has 0 aliphatic heterocycles. The van der Waals surface area contributed by atoms with Crippen LogP contribution in [0.25, 0.3) is 0 Å². The van der Waals surface area contributed by atoms with Crippen molar-refractivity contribution in [3.63, 3.8) is 0 Å². The van der Waals surface area contributed by atoms with Crippen LogP contribution in [0.4, 0.5) is 5.95 Å². The van der Waals surface area contributed by atoms with Gasteiger partial charge in [-0.1, -0.05) is 25.4 Å².